The molecule has 1 aliphatic heterocycles. The van der Waals surface area contributed by atoms with E-state index in [1.54, 1.807) is 6.20 Å². The molecule has 0 atom stereocenters. The highest BCUT2D eigenvalue weighted by atomic mass is 16.6. The molecule has 158 valence electrons. The number of hydrogen-bond acceptors (Lipinski definition) is 7. The van der Waals surface area contributed by atoms with Crippen LogP contribution in [-0.2, 0) is 4.74 Å². The van der Waals surface area contributed by atoms with Crippen LogP contribution in [0.25, 0.3) is 22.2 Å². The quantitative estimate of drug-likeness (QED) is 0.711. The smallest absolute Gasteiger partial charge is 0.418 e. The number of hydrazine groups is 1. The second kappa shape index (κ2) is 8.04. The number of fused-ring (bicyclic) bond motifs is 1. The van der Waals surface area contributed by atoms with E-state index in [0.29, 0.717) is 5.95 Å². The van der Waals surface area contributed by atoms with Crippen LogP contribution in [0.4, 0.5) is 10.7 Å². The molecule has 0 radical (unpaired) electrons. The molecule has 0 amide bonds. The van der Waals surface area contributed by atoms with Gasteiger partial charge in [0.1, 0.15) is 5.60 Å². The molecule has 0 bridgehead atoms. The summed E-state index contributed by atoms with van der Waals surface area (Å²) in [5.74, 6) is 0.594. The molecule has 1 fully saturated rings. The molecule has 8 nitrogen and oxygen atoms in total. The number of ether oxygens (including phenoxy) is 1. The second-order valence-corrected chi connectivity index (χ2v) is 8.61. The van der Waals surface area contributed by atoms with E-state index < -0.39 is 11.7 Å². The highest BCUT2D eigenvalue weighted by Crippen LogP contribution is 2.25. The van der Waals surface area contributed by atoms with Gasteiger partial charge in [-0.15, -0.1) is 0 Å². The number of aromatic nitrogens is 3. The molecule has 0 unspecified atom stereocenters. The van der Waals surface area contributed by atoms with Crippen LogP contribution in [0, 0.1) is 0 Å². The normalized spacial score (nSPS) is 16.0. The van der Waals surface area contributed by atoms with E-state index in [1.165, 1.54) is 4.57 Å². The van der Waals surface area contributed by atoms with Gasteiger partial charge in [-0.1, -0.05) is 6.07 Å². The van der Waals surface area contributed by atoms with Crippen molar-refractivity contribution in [2.75, 3.05) is 38.7 Å². The predicted molar refractivity (Wildman–Crippen MR) is 117 cm³/mol. The van der Waals surface area contributed by atoms with Gasteiger partial charge in [-0.2, -0.15) is 0 Å². The minimum Gasteiger partial charge on any atom is -0.443 e. The van der Waals surface area contributed by atoms with Crippen molar-refractivity contribution < 1.29 is 9.53 Å². The first-order chi connectivity index (χ1) is 14.3. The fourth-order valence-corrected chi connectivity index (χ4v) is 3.39. The number of anilines is 1. The highest BCUT2D eigenvalue weighted by molar-refractivity contribution is 5.86. The Hall–Kier alpha value is -2.97. The first-order valence-electron chi connectivity index (χ1n) is 10.2. The molecule has 3 aromatic rings. The lowest BCUT2D eigenvalue weighted by Gasteiger charge is -2.32. The zero-order chi connectivity index (χ0) is 21.3. The third-order valence-electron chi connectivity index (χ3n) is 4.98. The second-order valence-electron chi connectivity index (χ2n) is 8.61. The molecular formula is C22H28N6O2. The summed E-state index contributed by atoms with van der Waals surface area (Å²) in [5.41, 5.74) is 5.27. The Kier molecular flexibility index (Phi) is 5.44. The summed E-state index contributed by atoms with van der Waals surface area (Å²) in [6, 6.07) is 9.64. The molecule has 3 heterocycles. The molecule has 1 saturated heterocycles. The first kappa shape index (κ1) is 20.3. The molecule has 1 aliphatic rings. The maximum absolute atomic E-state index is 12.5. The van der Waals surface area contributed by atoms with Crippen LogP contribution >= 0.6 is 0 Å². The van der Waals surface area contributed by atoms with Crippen LogP contribution in [0.5, 0.6) is 0 Å². The van der Waals surface area contributed by atoms with Crippen molar-refractivity contribution in [1.29, 1.82) is 0 Å². The van der Waals surface area contributed by atoms with Gasteiger partial charge in [0.25, 0.3) is 0 Å². The largest absolute Gasteiger partial charge is 0.443 e. The minimum absolute atomic E-state index is 0.398. The lowest BCUT2D eigenvalue weighted by atomic mass is 10.1. The maximum Gasteiger partial charge on any atom is 0.418 e. The lowest BCUT2D eigenvalue weighted by Crippen LogP contribution is -2.47. The fraction of sp³-hybridized carbons (Fsp3) is 0.409. The number of benzene rings is 1. The molecule has 8 heteroatoms. The van der Waals surface area contributed by atoms with E-state index in [-0.39, 0.29) is 0 Å². The Morgan fingerprint density at radius 1 is 1.13 bits per heavy atom. The van der Waals surface area contributed by atoms with Crippen molar-refractivity contribution in [3.8, 4) is 11.3 Å². The van der Waals surface area contributed by atoms with Gasteiger partial charge in [-0.25, -0.2) is 19.8 Å². The predicted octanol–water partition coefficient (Wildman–Crippen LogP) is 3.46. The Morgan fingerprint density at radius 2 is 1.90 bits per heavy atom. The zero-order valence-electron chi connectivity index (χ0n) is 17.9. The summed E-state index contributed by atoms with van der Waals surface area (Å²) in [5, 5.41) is 3.05. The first-order valence-corrected chi connectivity index (χ1v) is 10.2. The molecular weight excluding hydrogens is 380 g/mol. The summed E-state index contributed by atoms with van der Waals surface area (Å²) in [6.07, 6.45) is 3.13. The van der Waals surface area contributed by atoms with Crippen LogP contribution in [-0.4, -0.2) is 69.4 Å². The van der Waals surface area contributed by atoms with Gasteiger partial charge in [0.05, 0.1) is 11.2 Å². The number of hydrogen-bond donors (Lipinski definition) is 1. The number of nitrogens with one attached hydrogen (secondary N) is 1. The summed E-state index contributed by atoms with van der Waals surface area (Å²) >= 11 is 0. The third-order valence-corrected chi connectivity index (χ3v) is 4.98. The molecule has 1 N–H and O–H groups in total. The number of carbonyl (C=O) groups excluding carboxylic acids is 1. The van der Waals surface area contributed by atoms with Crippen LogP contribution in [0.15, 0.2) is 42.7 Å². The topological polar surface area (TPSA) is 75.5 Å². The molecule has 0 spiro atoms. The zero-order valence-corrected chi connectivity index (χ0v) is 17.9. The number of carbonyl (C=O) groups is 1. The molecule has 1 aromatic carbocycles. The summed E-state index contributed by atoms with van der Waals surface area (Å²) < 4.78 is 7.03. The van der Waals surface area contributed by atoms with Gasteiger partial charge in [0, 0.05) is 44.0 Å². The summed E-state index contributed by atoms with van der Waals surface area (Å²) in [6.45, 7) is 9.46. The Morgan fingerprint density at radius 3 is 2.63 bits per heavy atom. The molecule has 2 aromatic heterocycles. The highest BCUT2D eigenvalue weighted by Gasteiger charge is 2.20. The Bertz CT molecular complexity index is 1050. The molecule has 0 saturated carbocycles. The number of likely N-dealkylation sites (N-methyl/N-ethyl adjacent to an activating group) is 1. The van der Waals surface area contributed by atoms with E-state index in [0.717, 1.165) is 48.3 Å². The summed E-state index contributed by atoms with van der Waals surface area (Å²) in [4.78, 5) is 23.9. The van der Waals surface area contributed by atoms with Crippen molar-refractivity contribution >= 4 is 22.9 Å². The van der Waals surface area contributed by atoms with Crippen LogP contribution in [0.1, 0.15) is 20.8 Å². The minimum atomic E-state index is -0.553. The average molecular weight is 409 g/mol. The third kappa shape index (κ3) is 4.60. The Balaban J connectivity index is 1.55. The van der Waals surface area contributed by atoms with Gasteiger partial charge >= 0.3 is 6.09 Å². The van der Waals surface area contributed by atoms with Gasteiger partial charge in [-0.05, 0) is 57.6 Å². The maximum atomic E-state index is 12.5. The number of piperazine rings is 1. The van der Waals surface area contributed by atoms with Gasteiger partial charge < -0.3 is 9.64 Å². The van der Waals surface area contributed by atoms with E-state index in [1.807, 2.05) is 57.3 Å². The van der Waals surface area contributed by atoms with E-state index in [4.69, 9.17) is 4.74 Å². The van der Waals surface area contributed by atoms with E-state index in [9.17, 15) is 4.79 Å². The van der Waals surface area contributed by atoms with Crippen molar-refractivity contribution in [1.82, 2.24) is 24.4 Å². The summed E-state index contributed by atoms with van der Waals surface area (Å²) in [7, 11) is 2.13. The van der Waals surface area contributed by atoms with Crippen LogP contribution in [0.3, 0.4) is 0 Å². The van der Waals surface area contributed by atoms with Crippen LogP contribution in [0.2, 0.25) is 0 Å². The Labute approximate surface area is 176 Å². The van der Waals surface area contributed by atoms with Crippen molar-refractivity contribution in [3.63, 3.8) is 0 Å². The van der Waals surface area contributed by atoms with Crippen molar-refractivity contribution in [2.45, 2.75) is 26.4 Å². The fourth-order valence-electron chi connectivity index (χ4n) is 3.39. The lowest BCUT2D eigenvalue weighted by molar-refractivity contribution is 0.0540. The number of nitrogens with zero attached hydrogens (tertiary/aromatic N) is 5. The van der Waals surface area contributed by atoms with Gasteiger partial charge in [-0.3, -0.25) is 9.99 Å². The molecule has 30 heavy (non-hydrogen) atoms. The van der Waals surface area contributed by atoms with Crippen molar-refractivity contribution in [2.24, 2.45) is 0 Å². The van der Waals surface area contributed by atoms with E-state index >= 15 is 0 Å². The van der Waals surface area contributed by atoms with E-state index in [2.05, 4.69) is 32.4 Å². The standard InChI is InChI=1S/C22H28N6O2/c1-22(2,3)30-21(29)28-9-5-6-19(28)16-7-8-18-17(14-16)15-23-20(24-18)25-27-12-10-26(4)11-13-27/h5-9,14-15H,10-13H2,1-4H3,(H,23,24,25). The van der Waals surface area contributed by atoms with Crippen LogP contribution < -0.4 is 5.43 Å². The van der Waals surface area contributed by atoms with Gasteiger partial charge in [0.15, 0.2) is 0 Å². The van der Waals surface area contributed by atoms with Gasteiger partial charge in [0.2, 0.25) is 5.95 Å². The molecule has 4 rings (SSSR count). The van der Waals surface area contributed by atoms with Crippen molar-refractivity contribution in [3.05, 3.63) is 42.7 Å². The number of rotatable bonds is 3. The molecule has 0 aliphatic carbocycles. The SMILES string of the molecule is CN1CCN(Nc2ncc3cc(-c4cccn4C(=O)OC(C)(C)C)ccc3n2)CC1. The monoisotopic (exact) mass is 408 g/mol. The average Bonchev–Trinajstić information content (AvgIpc) is 3.18.